The molecule has 1 aliphatic carbocycles. The van der Waals surface area contributed by atoms with Crippen LogP contribution in [0.15, 0.2) is 83.4 Å². The van der Waals surface area contributed by atoms with Gasteiger partial charge in [0.15, 0.2) is 0 Å². The van der Waals surface area contributed by atoms with Crippen molar-refractivity contribution < 1.29 is 0 Å². The van der Waals surface area contributed by atoms with E-state index in [0.29, 0.717) is 0 Å². The summed E-state index contributed by atoms with van der Waals surface area (Å²) in [6.45, 7) is 2.86. The fourth-order valence-electron chi connectivity index (χ4n) is 3.10. The highest BCUT2D eigenvalue weighted by Crippen LogP contribution is 2.31. The smallest absolute Gasteiger partial charge is 0.0574 e. The molecular weight excluding hydrogens is 396 g/mol. The van der Waals surface area contributed by atoms with Crippen LogP contribution in [0.1, 0.15) is 23.6 Å². The summed E-state index contributed by atoms with van der Waals surface area (Å²) in [7, 11) is 4.13. The standard InChI is InChI=1S/C24H25BrN2/c1-4-26-22-13-9-20(10-14-22)24(19-7-5-18(17-25)6-8-19)21-11-15-23(16-12-21)27(2)3/h5-16H,4,17H2,1-3H3. The largest absolute Gasteiger partial charge is 0.378 e. The van der Waals surface area contributed by atoms with E-state index in [4.69, 9.17) is 0 Å². The number of nitrogens with zero attached hydrogens (tertiary/aromatic N) is 2. The van der Waals surface area contributed by atoms with E-state index in [-0.39, 0.29) is 0 Å². The third kappa shape index (κ3) is 4.67. The first kappa shape index (κ1) is 19.4. The van der Waals surface area contributed by atoms with E-state index in [0.717, 1.165) is 17.6 Å². The summed E-state index contributed by atoms with van der Waals surface area (Å²) in [5.41, 5.74) is 8.38. The van der Waals surface area contributed by atoms with E-state index >= 15 is 0 Å². The van der Waals surface area contributed by atoms with Gasteiger partial charge in [-0.2, -0.15) is 0 Å². The van der Waals surface area contributed by atoms with Crippen molar-refractivity contribution in [1.29, 1.82) is 0 Å². The SMILES string of the molecule is CCN=C1C=CC(=C(c2ccc(CBr)cc2)c2ccc(N(C)C)cc2)C=C1. The second-order valence-corrected chi connectivity index (χ2v) is 7.23. The van der Waals surface area contributed by atoms with Crippen LogP contribution in [0.2, 0.25) is 0 Å². The lowest BCUT2D eigenvalue weighted by Gasteiger charge is -2.17. The molecule has 0 heterocycles. The number of alkyl halides is 1. The predicted molar refractivity (Wildman–Crippen MR) is 122 cm³/mol. The van der Waals surface area contributed by atoms with Crippen molar-refractivity contribution in [3.63, 3.8) is 0 Å². The van der Waals surface area contributed by atoms with Gasteiger partial charge in [-0.3, -0.25) is 4.99 Å². The van der Waals surface area contributed by atoms with Gasteiger partial charge in [0.1, 0.15) is 0 Å². The van der Waals surface area contributed by atoms with Crippen LogP contribution >= 0.6 is 15.9 Å². The Morgan fingerprint density at radius 1 is 0.852 bits per heavy atom. The lowest BCUT2D eigenvalue weighted by atomic mass is 9.90. The van der Waals surface area contributed by atoms with Gasteiger partial charge in [-0.25, -0.2) is 0 Å². The number of rotatable bonds is 5. The molecular formula is C24H25BrN2. The van der Waals surface area contributed by atoms with Gasteiger partial charge in [0.25, 0.3) is 0 Å². The molecule has 2 nitrogen and oxygen atoms in total. The molecule has 0 fully saturated rings. The van der Waals surface area contributed by atoms with E-state index in [1.165, 1.54) is 33.5 Å². The number of hydrogen-bond acceptors (Lipinski definition) is 2. The van der Waals surface area contributed by atoms with E-state index in [1.807, 2.05) is 0 Å². The van der Waals surface area contributed by atoms with Crippen LogP contribution < -0.4 is 4.90 Å². The number of hydrogen-bond donors (Lipinski definition) is 0. The molecule has 0 aliphatic heterocycles. The van der Waals surface area contributed by atoms with Crippen LogP contribution in [0.25, 0.3) is 5.57 Å². The third-order valence-electron chi connectivity index (χ3n) is 4.57. The van der Waals surface area contributed by atoms with Crippen molar-refractivity contribution >= 4 is 32.9 Å². The summed E-state index contributed by atoms with van der Waals surface area (Å²) >= 11 is 3.53. The maximum Gasteiger partial charge on any atom is 0.0574 e. The molecule has 1 aliphatic rings. The Morgan fingerprint density at radius 2 is 1.41 bits per heavy atom. The van der Waals surface area contributed by atoms with Crippen LogP contribution in [-0.2, 0) is 5.33 Å². The first-order valence-electron chi connectivity index (χ1n) is 9.20. The van der Waals surface area contributed by atoms with Crippen molar-refractivity contribution in [1.82, 2.24) is 0 Å². The van der Waals surface area contributed by atoms with Gasteiger partial charge in [0.2, 0.25) is 0 Å². The Balaban J connectivity index is 2.09. The molecule has 0 unspecified atom stereocenters. The molecule has 0 atom stereocenters. The lowest BCUT2D eigenvalue weighted by Crippen LogP contribution is -2.08. The maximum absolute atomic E-state index is 4.49. The Bertz CT molecular complexity index is 880. The number of benzene rings is 2. The zero-order valence-corrected chi connectivity index (χ0v) is 17.7. The van der Waals surface area contributed by atoms with Crippen LogP contribution in [0.4, 0.5) is 5.69 Å². The fourth-order valence-corrected chi connectivity index (χ4v) is 3.48. The normalized spacial score (nSPS) is 13.0. The number of allylic oxidation sites excluding steroid dienone is 5. The average molecular weight is 421 g/mol. The Labute approximate surface area is 170 Å². The van der Waals surface area contributed by atoms with E-state index in [1.54, 1.807) is 0 Å². The minimum Gasteiger partial charge on any atom is -0.378 e. The monoisotopic (exact) mass is 420 g/mol. The molecule has 27 heavy (non-hydrogen) atoms. The van der Waals surface area contributed by atoms with Crippen molar-refractivity contribution in [3.05, 3.63) is 95.1 Å². The van der Waals surface area contributed by atoms with Crippen molar-refractivity contribution in [3.8, 4) is 0 Å². The topological polar surface area (TPSA) is 15.6 Å². The van der Waals surface area contributed by atoms with E-state index in [2.05, 4.69) is 120 Å². The molecule has 0 saturated carbocycles. The van der Waals surface area contributed by atoms with Crippen molar-refractivity contribution in [2.75, 3.05) is 25.5 Å². The minimum atomic E-state index is 0.802. The molecule has 0 amide bonds. The molecule has 3 heteroatoms. The average Bonchev–Trinajstić information content (AvgIpc) is 2.70. The number of aliphatic imine (C=N–C) groups is 1. The second kappa shape index (κ2) is 9.01. The Kier molecular flexibility index (Phi) is 6.46. The van der Waals surface area contributed by atoms with Gasteiger partial charge in [-0.15, -0.1) is 0 Å². The minimum absolute atomic E-state index is 0.802. The van der Waals surface area contributed by atoms with Crippen LogP contribution in [0.3, 0.4) is 0 Å². The summed E-state index contributed by atoms with van der Waals surface area (Å²) in [5.74, 6) is 0. The van der Waals surface area contributed by atoms with E-state index in [9.17, 15) is 0 Å². The highest BCUT2D eigenvalue weighted by Gasteiger charge is 2.12. The van der Waals surface area contributed by atoms with Crippen LogP contribution in [0, 0.1) is 0 Å². The molecule has 0 N–H and O–H groups in total. The van der Waals surface area contributed by atoms with Crippen molar-refractivity contribution in [2.24, 2.45) is 4.99 Å². The maximum atomic E-state index is 4.49. The molecule has 0 bridgehead atoms. The number of anilines is 1. The Morgan fingerprint density at radius 3 is 1.89 bits per heavy atom. The first-order chi connectivity index (χ1) is 13.1. The van der Waals surface area contributed by atoms with Gasteiger partial charge in [-0.1, -0.05) is 64.5 Å². The van der Waals surface area contributed by atoms with Gasteiger partial charge in [-0.05, 0) is 59.0 Å². The quantitative estimate of drug-likeness (QED) is 0.538. The fraction of sp³-hybridized carbons (Fsp3) is 0.208. The van der Waals surface area contributed by atoms with Gasteiger partial charge in [0, 0.05) is 31.7 Å². The molecule has 0 saturated heterocycles. The molecule has 0 radical (unpaired) electrons. The summed E-state index contributed by atoms with van der Waals surface area (Å²) in [6, 6.07) is 17.5. The summed E-state index contributed by atoms with van der Waals surface area (Å²) in [4.78, 5) is 6.61. The van der Waals surface area contributed by atoms with Crippen LogP contribution in [0.5, 0.6) is 0 Å². The zero-order valence-electron chi connectivity index (χ0n) is 16.1. The molecule has 0 spiro atoms. The zero-order chi connectivity index (χ0) is 19.2. The first-order valence-corrected chi connectivity index (χ1v) is 10.3. The second-order valence-electron chi connectivity index (χ2n) is 6.67. The Hall–Kier alpha value is -2.39. The molecule has 0 aromatic heterocycles. The number of halogens is 1. The highest BCUT2D eigenvalue weighted by molar-refractivity contribution is 9.08. The highest BCUT2D eigenvalue weighted by atomic mass is 79.9. The van der Waals surface area contributed by atoms with E-state index < -0.39 is 0 Å². The van der Waals surface area contributed by atoms with Gasteiger partial charge < -0.3 is 4.90 Å². The molecule has 2 aromatic rings. The van der Waals surface area contributed by atoms with Gasteiger partial charge >= 0.3 is 0 Å². The molecule has 2 aromatic carbocycles. The van der Waals surface area contributed by atoms with Crippen molar-refractivity contribution in [2.45, 2.75) is 12.3 Å². The predicted octanol–water partition coefficient (Wildman–Crippen LogP) is 6.04. The third-order valence-corrected chi connectivity index (χ3v) is 5.21. The summed E-state index contributed by atoms with van der Waals surface area (Å²) in [5, 5.41) is 0.868. The van der Waals surface area contributed by atoms with Crippen LogP contribution in [-0.4, -0.2) is 26.4 Å². The summed E-state index contributed by atoms with van der Waals surface area (Å²) < 4.78 is 0. The van der Waals surface area contributed by atoms with Gasteiger partial charge in [0.05, 0.1) is 5.71 Å². The molecule has 138 valence electrons. The molecule has 3 rings (SSSR count). The summed E-state index contributed by atoms with van der Waals surface area (Å²) in [6.07, 6.45) is 8.53. The lowest BCUT2D eigenvalue weighted by molar-refractivity contribution is 1.13.